The first-order valence-electron chi connectivity index (χ1n) is 4.14. The number of likely N-dealkylation sites (N-methyl/N-ethyl adjacent to an activating group) is 1. The second-order valence-corrected chi connectivity index (χ2v) is 3.13. The number of urea groups is 1. The molecule has 0 aromatic rings. The smallest absolute Gasteiger partial charge is 0.317 e. The molecular formula is C8H12N2O3. The summed E-state index contributed by atoms with van der Waals surface area (Å²) in [4.78, 5) is 34.2. The highest BCUT2D eigenvalue weighted by molar-refractivity contribution is 6.15. The van der Waals surface area contributed by atoms with Gasteiger partial charge in [-0.25, -0.2) is 4.79 Å². The lowest BCUT2D eigenvalue weighted by Crippen LogP contribution is -2.48. The minimum absolute atomic E-state index is 0.353. The van der Waals surface area contributed by atoms with Gasteiger partial charge in [0.1, 0.15) is 0 Å². The van der Waals surface area contributed by atoms with Crippen molar-refractivity contribution in [3.05, 3.63) is 0 Å². The molecule has 1 rings (SSSR count). The van der Waals surface area contributed by atoms with E-state index in [1.807, 2.05) is 6.92 Å². The quantitative estimate of drug-likeness (QED) is 0.378. The maximum atomic E-state index is 11.5. The van der Waals surface area contributed by atoms with Crippen molar-refractivity contribution in [1.29, 1.82) is 0 Å². The first-order chi connectivity index (χ1) is 6.07. The van der Waals surface area contributed by atoms with E-state index in [1.165, 1.54) is 7.05 Å². The second-order valence-electron chi connectivity index (χ2n) is 3.13. The van der Waals surface area contributed by atoms with Crippen LogP contribution < -0.4 is 5.32 Å². The van der Waals surface area contributed by atoms with Crippen LogP contribution in [0.5, 0.6) is 0 Å². The van der Waals surface area contributed by atoms with Crippen LogP contribution in [0.25, 0.3) is 0 Å². The van der Waals surface area contributed by atoms with Crippen molar-refractivity contribution in [2.24, 2.45) is 0 Å². The third-order valence-electron chi connectivity index (χ3n) is 2.17. The van der Waals surface area contributed by atoms with Gasteiger partial charge in [-0.15, -0.1) is 0 Å². The molecule has 1 fully saturated rings. The van der Waals surface area contributed by atoms with Crippen LogP contribution in [0.3, 0.4) is 0 Å². The molecule has 1 atom stereocenters. The molecule has 13 heavy (non-hydrogen) atoms. The van der Waals surface area contributed by atoms with Gasteiger partial charge >= 0.3 is 6.03 Å². The normalized spacial score (nSPS) is 27.7. The molecule has 1 aliphatic rings. The highest BCUT2D eigenvalue weighted by Crippen LogP contribution is 2.19. The Labute approximate surface area is 76.1 Å². The molecule has 0 unspecified atom stereocenters. The van der Waals surface area contributed by atoms with E-state index in [0.29, 0.717) is 19.1 Å². The summed E-state index contributed by atoms with van der Waals surface area (Å²) in [5.74, 6) is -0.464. The van der Waals surface area contributed by atoms with E-state index in [1.54, 1.807) is 0 Å². The summed E-state index contributed by atoms with van der Waals surface area (Å²) in [7, 11) is 1.36. The molecule has 0 bridgehead atoms. The number of hydrogen-bond acceptors (Lipinski definition) is 3. The van der Waals surface area contributed by atoms with Crippen molar-refractivity contribution in [2.75, 3.05) is 7.05 Å². The van der Waals surface area contributed by atoms with E-state index >= 15 is 0 Å². The van der Waals surface area contributed by atoms with Crippen molar-refractivity contribution < 1.29 is 14.4 Å². The molecule has 5 heteroatoms. The van der Waals surface area contributed by atoms with Gasteiger partial charge in [-0.2, -0.15) is 0 Å². The molecule has 1 heterocycles. The summed E-state index contributed by atoms with van der Waals surface area (Å²) in [6, 6.07) is -0.509. The van der Waals surface area contributed by atoms with E-state index in [4.69, 9.17) is 0 Å². The summed E-state index contributed by atoms with van der Waals surface area (Å²) in [6.07, 6.45) is 1.53. The Morgan fingerprint density at radius 3 is 2.46 bits per heavy atom. The van der Waals surface area contributed by atoms with E-state index in [2.05, 4.69) is 5.32 Å². The van der Waals surface area contributed by atoms with E-state index < -0.39 is 17.5 Å². The van der Waals surface area contributed by atoms with E-state index in [0.717, 1.165) is 4.90 Å². The van der Waals surface area contributed by atoms with Crippen LogP contribution in [-0.2, 0) is 9.59 Å². The fourth-order valence-electron chi connectivity index (χ4n) is 1.42. The molecular weight excluding hydrogens is 172 g/mol. The van der Waals surface area contributed by atoms with Crippen LogP contribution in [0.4, 0.5) is 4.79 Å². The van der Waals surface area contributed by atoms with Crippen LogP contribution in [-0.4, -0.2) is 35.7 Å². The van der Waals surface area contributed by atoms with Crippen molar-refractivity contribution in [2.45, 2.75) is 25.3 Å². The van der Waals surface area contributed by atoms with Crippen LogP contribution >= 0.6 is 0 Å². The highest BCUT2D eigenvalue weighted by atomic mass is 16.2. The Balaban J connectivity index is 2.96. The number of nitrogens with one attached hydrogen (secondary N) is 1. The third-order valence-corrected chi connectivity index (χ3v) is 2.17. The van der Waals surface area contributed by atoms with Crippen LogP contribution in [0.2, 0.25) is 0 Å². The van der Waals surface area contributed by atoms with Gasteiger partial charge < -0.3 is 10.1 Å². The first kappa shape index (κ1) is 9.70. The van der Waals surface area contributed by atoms with Gasteiger partial charge in [0, 0.05) is 7.05 Å². The number of carbonyl (C=O) groups is 3. The number of rotatable bonds is 3. The SMILES string of the molecule is CCC[C@]1(C=O)NC(=O)N(C)C1=O. The average Bonchev–Trinajstić information content (AvgIpc) is 2.32. The summed E-state index contributed by atoms with van der Waals surface area (Å²) in [5, 5.41) is 2.39. The molecule has 0 saturated carbocycles. The van der Waals surface area contributed by atoms with Crippen molar-refractivity contribution in [1.82, 2.24) is 10.2 Å². The van der Waals surface area contributed by atoms with Crippen molar-refractivity contribution in [3.8, 4) is 0 Å². The van der Waals surface area contributed by atoms with Crippen LogP contribution in [0, 0.1) is 0 Å². The number of carbonyl (C=O) groups excluding carboxylic acids is 3. The number of aldehydes is 1. The minimum Gasteiger partial charge on any atom is -0.317 e. The molecule has 1 aliphatic heterocycles. The highest BCUT2D eigenvalue weighted by Gasteiger charge is 2.49. The Bertz CT molecular complexity index is 264. The summed E-state index contributed by atoms with van der Waals surface area (Å²) in [6.45, 7) is 1.85. The minimum atomic E-state index is -1.30. The van der Waals surface area contributed by atoms with Gasteiger partial charge in [-0.05, 0) is 6.42 Å². The van der Waals surface area contributed by atoms with Crippen LogP contribution in [0.1, 0.15) is 19.8 Å². The lowest BCUT2D eigenvalue weighted by atomic mass is 9.96. The molecule has 5 nitrogen and oxygen atoms in total. The van der Waals surface area contributed by atoms with Gasteiger partial charge in [0.15, 0.2) is 11.8 Å². The molecule has 1 N–H and O–H groups in total. The molecule has 0 aromatic carbocycles. The predicted molar refractivity (Wildman–Crippen MR) is 45.0 cm³/mol. The number of amides is 3. The zero-order valence-corrected chi connectivity index (χ0v) is 7.66. The van der Waals surface area contributed by atoms with E-state index in [9.17, 15) is 14.4 Å². The summed E-state index contributed by atoms with van der Waals surface area (Å²) < 4.78 is 0. The van der Waals surface area contributed by atoms with Gasteiger partial charge in [-0.3, -0.25) is 9.69 Å². The molecule has 1 saturated heterocycles. The lowest BCUT2D eigenvalue weighted by molar-refractivity contribution is -0.134. The Morgan fingerprint density at radius 1 is 1.54 bits per heavy atom. The second kappa shape index (κ2) is 3.16. The topological polar surface area (TPSA) is 66.5 Å². The molecule has 72 valence electrons. The van der Waals surface area contributed by atoms with Crippen molar-refractivity contribution >= 4 is 18.2 Å². The maximum Gasteiger partial charge on any atom is 0.325 e. The summed E-state index contributed by atoms with van der Waals surface area (Å²) >= 11 is 0. The van der Waals surface area contributed by atoms with E-state index in [-0.39, 0.29) is 0 Å². The first-order valence-corrected chi connectivity index (χ1v) is 4.14. The number of hydrogen-bond donors (Lipinski definition) is 1. The van der Waals surface area contributed by atoms with Gasteiger partial charge in [-0.1, -0.05) is 13.3 Å². The molecule has 3 amide bonds. The largest absolute Gasteiger partial charge is 0.325 e. The maximum absolute atomic E-state index is 11.5. The number of nitrogens with zero attached hydrogens (tertiary/aromatic N) is 1. The summed E-state index contributed by atoms with van der Waals surface area (Å²) in [5.41, 5.74) is -1.30. The molecule has 0 radical (unpaired) electrons. The monoisotopic (exact) mass is 184 g/mol. The lowest BCUT2D eigenvalue weighted by Gasteiger charge is -2.17. The zero-order valence-electron chi connectivity index (χ0n) is 7.66. The Morgan fingerprint density at radius 2 is 2.15 bits per heavy atom. The average molecular weight is 184 g/mol. The molecule has 0 spiro atoms. The third kappa shape index (κ3) is 1.30. The Hall–Kier alpha value is -1.39. The van der Waals surface area contributed by atoms with Gasteiger partial charge in [0.2, 0.25) is 0 Å². The fraction of sp³-hybridized carbons (Fsp3) is 0.625. The van der Waals surface area contributed by atoms with Crippen molar-refractivity contribution in [3.63, 3.8) is 0 Å². The van der Waals surface area contributed by atoms with Crippen LogP contribution in [0.15, 0.2) is 0 Å². The zero-order chi connectivity index (χ0) is 10.1. The predicted octanol–water partition coefficient (Wildman–Crippen LogP) is -0.0942. The fourth-order valence-corrected chi connectivity index (χ4v) is 1.42. The van der Waals surface area contributed by atoms with Gasteiger partial charge in [0.25, 0.3) is 5.91 Å². The number of imide groups is 1. The standard InChI is InChI=1S/C8H12N2O3/c1-3-4-8(5-11)6(12)10(2)7(13)9-8/h5H,3-4H2,1-2H3,(H,9,13)/t8-/m1/s1. The van der Waals surface area contributed by atoms with Gasteiger partial charge in [0.05, 0.1) is 0 Å². The molecule has 0 aliphatic carbocycles. The Kier molecular flexibility index (Phi) is 2.36. The molecule has 0 aromatic heterocycles.